The molecule has 228 valence electrons. The molecule has 43 heavy (non-hydrogen) atoms. The first-order chi connectivity index (χ1) is 20.0. The third-order valence-electron chi connectivity index (χ3n) is 6.77. The molecule has 0 saturated heterocycles. The molecule has 0 radical (unpaired) electrons. The van der Waals surface area contributed by atoms with E-state index in [2.05, 4.69) is 21.2 Å². The van der Waals surface area contributed by atoms with Crippen LogP contribution in [-0.4, -0.2) is 34.2 Å². The molecule has 0 heterocycles. The zero-order valence-corrected chi connectivity index (χ0v) is 25.0. The van der Waals surface area contributed by atoms with Crippen molar-refractivity contribution in [1.82, 2.24) is 0 Å². The van der Waals surface area contributed by atoms with Gasteiger partial charge in [0.05, 0.1) is 15.4 Å². The summed E-state index contributed by atoms with van der Waals surface area (Å²) in [7, 11) is 0. The second-order valence-electron chi connectivity index (χ2n) is 9.61. The van der Waals surface area contributed by atoms with E-state index in [9.17, 15) is 45.1 Å². The number of nitrogens with one attached hydrogen (secondary N) is 1. The summed E-state index contributed by atoms with van der Waals surface area (Å²) in [6.45, 7) is 0. The number of benzene rings is 3. The van der Waals surface area contributed by atoms with Crippen LogP contribution in [0.1, 0.15) is 33.0 Å². The second-order valence-corrected chi connectivity index (χ2v) is 12.3. The maximum Gasteiger partial charge on any atom is 0.364 e. The van der Waals surface area contributed by atoms with E-state index in [4.69, 9.17) is 34.8 Å². The Hall–Kier alpha value is -2.67. The minimum Gasteiger partial charge on any atom is -0.326 e. The fourth-order valence-corrected chi connectivity index (χ4v) is 5.87. The molecule has 4 rings (SSSR count). The largest absolute Gasteiger partial charge is 0.364 e. The summed E-state index contributed by atoms with van der Waals surface area (Å²) in [5.74, 6) is -14.2. The molecule has 1 saturated carbocycles. The minimum atomic E-state index is -5.13. The van der Waals surface area contributed by atoms with E-state index in [1.54, 1.807) is 0 Å². The van der Waals surface area contributed by atoms with E-state index < -0.39 is 87.4 Å². The van der Waals surface area contributed by atoms with Crippen LogP contribution in [0.5, 0.6) is 0 Å². The molecule has 15 heteroatoms. The van der Waals surface area contributed by atoms with Crippen LogP contribution in [0.2, 0.25) is 5.02 Å². The van der Waals surface area contributed by atoms with Gasteiger partial charge in [-0.25, -0.2) is 22.0 Å². The van der Waals surface area contributed by atoms with Crippen LogP contribution >= 0.6 is 50.7 Å². The van der Waals surface area contributed by atoms with E-state index in [-0.39, 0.29) is 20.7 Å². The van der Waals surface area contributed by atoms with Crippen molar-refractivity contribution >= 4 is 73.9 Å². The van der Waals surface area contributed by atoms with Crippen molar-refractivity contribution in [1.29, 1.82) is 0 Å². The van der Waals surface area contributed by atoms with Crippen molar-refractivity contribution in [3.63, 3.8) is 0 Å². The van der Waals surface area contributed by atoms with Gasteiger partial charge in [-0.2, -0.15) is 8.78 Å². The molecule has 3 aromatic rings. The van der Waals surface area contributed by atoms with E-state index >= 15 is 0 Å². The number of hydrogen-bond donors (Lipinski definition) is 1. The number of rotatable bonds is 10. The van der Waals surface area contributed by atoms with Crippen molar-refractivity contribution < 1.29 is 45.1 Å². The standard InChI is InChI=1S/C28H16BrCl3F7NO3/c29-16-7-11(1-6-19(16)34)22-23(27(22,31)32)25(43)40-13-3-4-17(30)14(9-13)20(41)8-12-2-5-18(33)15(24(12)35)10-21(42)28(38,39)26(36)37/h1-7,9,22-23,26H,8,10H2,(H,40,43)/t22-,23+/m0/s1. The quantitative estimate of drug-likeness (QED) is 0.129. The fraction of sp³-hybridized carbons (Fsp3) is 0.250. The van der Waals surface area contributed by atoms with Gasteiger partial charge in [-0.1, -0.05) is 23.7 Å². The smallest absolute Gasteiger partial charge is 0.326 e. The first-order valence-corrected chi connectivity index (χ1v) is 14.0. The highest BCUT2D eigenvalue weighted by Gasteiger charge is 2.67. The molecule has 1 N–H and O–H groups in total. The Morgan fingerprint density at radius 2 is 1.60 bits per heavy atom. The number of ketones is 2. The second kappa shape index (κ2) is 12.4. The van der Waals surface area contributed by atoms with E-state index in [1.807, 2.05) is 0 Å². The summed E-state index contributed by atoms with van der Waals surface area (Å²) >= 11 is 21.8. The monoisotopic (exact) mass is 731 g/mol. The van der Waals surface area contributed by atoms with Crippen molar-refractivity contribution in [2.45, 2.75) is 35.4 Å². The molecule has 1 aliphatic carbocycles. The first-order valence-electron chi connectivity index (χ1n) is 12.1. The molecular formula is C28H16BrCl3F7NO3. The summed E-state index contributed by atoms with van der Waals surface area (Å²) in [6, 6.07) is 9.22. The van der Waals surface area contributed by atoms with Crippen molar-refractivity contribution in [2.75, 3.05) is 5.32 Å². The van der Waals surface area contributed by atoms with Gasteiger partial charge in [0.1, 0.15) is 21.8 Å². The molecule has 3 aromatic carbocycles. The highest BCUT2D eigenvalue weighted by Crippen LogP contribution is 2.65. The Morgan fingerprint density at radius 1 is 0.953 bits per heavy atom. The number of hydrogen-bond acceptors (Lipinski definition) is 3. The molecule has 2 atom stereocenters. The van der Waals surface area contributed by atoms with Gasteiger partial charge in [0, 0.05) is 35.6 Å². The lowest BCUT2D eigenvalue weighted by Gasteiger charge is -2.15. The number of alkyl halides is 6. The maximum atomic E-state index is 15.0. The summed E-state index contributed by atoms with van der Waals surface area (Å²) in [6.07, 6.45) is -6.86. The third-order valence-corrected chi connectivity index (χ3v) is 8.65. The van der Waals surface area contributed by atoms with E-state index in [0.717, 1.165) is 12.1 Å². The van der Waals surface area contributed by atoms with Crippen LogP contribution in [-0.2, 0) is 22.4 Å². The number of halogens is 11. The molecule has 0 unspecified atom stereocenters. The number of carbonyl (C=O) groups is 3. The van der Waals surface area contributed by atoms with Crippen molar-refractivity contribution in [3.8, 4) is 0 Å². The van der Waals surface area contributed by atoms with Gasteiger partial charge >= 0.3 is 12.3 Å². The lowest BCUT2D eigenvalue weighted by Crippen LogP contribution is -2.38. The van der Waals surface area contributed by atoms with Gasteiger partial charge in [0.25, 0.3) is 0 Å². The normalized spacial score (nSPS) is 17.6. The van der Waals surface area contributed by atoms with Crippen LogP contribution in [0.4, 0.5) is 36.4 Å². The predicted molar refractivity (Wildman–Crippen MR) is 149 cm³/mol. The minimum absolute atomic E-state index is 0.0629. The highest BCUT2D eigenvalue weighted by atomic mass is 79.9. The van der Waals surface area contributed by atoms with Gasteiger partial charge < -0.3 is 5.32 Å². The van der Waals surface area contributed by atoms with Gasteiger partial charge in [-0.3, -0.25) is 14.4 Å². The molecule has 0 bridgehead atoms. The van der Waals surface area contributed by atoms with Crippen LogP contribution in [0.15, 0.2) is 53.0 Å². The Labute approximate surface area is 262 Å². The summed E-state index contributed by atoms with van der Waals surface area (Å²) < 4.78 is 93.1. The van der Waals surface area contributed by atoms with Gasteiger partial charge in [0.2, 0.25) is 11.7 Å². The maximum absolute atomic E-state index is 15.0. The zero-order valence-electron chi connectivity index (χ0n) is 21.1. The Kier molecular flexibility index (Phi) is 9.56. The van der Waals surface area contributed by atoms with E-state index in [0.29, 0.717) is 11.6 Å². The highest BCUT2D eigenvalue weighted by molar-refractivity contribution is 9.10. The topological polar surface area (TPSA) is 63.2 Å². The molecule has 4 nitrogen and oxygen atoms in total. The summed E-state index contributed by atoms with van der Waals surface area (Å²) in [5, 5.41) is 2.42. The molecular weight excluding hydrogens is 718 g/mol. The van der Waals surface area contributed by atoms with Crippen LogP contribution in [0.3, 0.4) is 0 Å². The molecule has 0 aromatic heterocycles. The summed E-state index contributed by atoms with van der Waals surface area (Å²) in [5.41, 5.74) is -1.40. The Morgan fingerprint density at radius 3 is 2.23 bits per heavy atom. The van der Waals surface area contributed by atoms with Crippen molar-refractivity contribution in [2.24, 2.45) is 5.92 Å². The van der Waals surface area contributed by atoms with Crippen molar-refractivity contribution in [3.05, 3.63) is 97.7 Å². The van der Waals surface area contributed by atoms with E-state index in [1.165, 1.54) is 30.3 Å². The summed E-state index contributed by atoms with van der Waals surface area (Å²) in [4.78, 5) is 37.6. The van der Waals surface area contributed by atoms with Crippen LogP contribution in [0.25, 0.3) is 0 Å². The van der Waals surface area contributed by atoms with Crippen LogP contribution < -0.4 is 5.32 Å². The third kappa shape index (κ3) is 6.72. The fourth-order valence-electron chi connectivity index (χ4n) is 4.42. The average molecular weight is 734 g/mol. The SMILES string of the molecule is O=C(Cc1ccc(F)c(CC(=O)C(F)(F)C(F)F)c1F)c1cc(NC(=O)[C@H]2[C@H](c3ccc(F)c(Br)c3)C2(Cl)Cl)ccc1Cl. The van der Waals surface area contributed by atoms with Gasteiger partial charge in [-0.15, -0.1) is 23.2 Å². The number of anilines is 1. The molecule has 1 aliphatic rings. The number of amides is 1. The lowest BCUT2D eigenvalue weighted by molar-refractivity contribution is -0.166. The number of carbonyl (C=O) groups excluding carboxylic acids is 3. The number of Topliss-reactive ketones (excluding diaryl/α,β-unsaturated/α-hetero) is 2. The van der Waals surface area contributed by atoms with Crippen LogP contribution in [0, 0.1) is 23.4 Å². The Bertz CT molecular complexity index is 1640. The molecule has 0 spiro atoms. The van der Waals surface area contributed by atoms with Gasteiger partial charge in [0.15, 0.2) is 5.78 Å². The zero-order chi connectivity index (χ0) is 32.0. The molecule has 0 aliphatic heterocycles. The van der Waals surface area contributed by atoms with Gasteiger partial charge in [-0.05, 0) is 63.5 Å². The average Bonchev–Trinajstić information content (AvgIpc) is 3.52. The molecule has 1 fully saturated rings. The predicted octanol–water partition coefficient (Wildman–Crippen LogP) is 8.48. The molecule has 1 amide bonds. The first kappa shape index (κ1) is 33.2. The Balaban J connectivity index is 1.51. The lowest BCUT2D eigenvalue weighted by atomic mass is 9.97.